The zero-order valence-electron chi connectivity index (χ0n) is 16.2. The Bertz CT molecular complexity index is 916. The fraction of sp³-hybridized carbons (Fsp3) is 0.273. The number of nitrogens with one attached hydrogen (secondary N) is 1. The molecule has 1 heterocycles. The van der Waals surface area contributed by atoms with Crippen LogP contribution in [0.4, 0.5) is 0 Å². The summed E-state index contributed by atoms with van der Waals surface area (Å²) in [6.07, 6.45) is 1.75. The molecule has 0 saturated carbocycles. The molecule has 0 unspecified atom stereocenters. The van der Waals surface area contributed by atoms with Gasteiger partial charge >= 0.3 is 0 Å². The number of carbonyl (C=O) groups excluding carboxylic acids is 1. The summed E-state index contributed by atoms with van der Waals surface area (Å²) < 4.78 is 1.64. The number of hydrogen-bond acceptors (Lipinski definition) is 3. The van der Waals surface area contributed by atoms with Crippen molar-refractivity contribution in [3.63, 3.8) is 0 Å². The summed E-state index contributed by atoms with van der Waals surface area (Å²) in [7, 11) is 0. The molecule has 0 aliphatic heterocycles. The highest BCUT2D eigenvalue weighted by Gasteiger charge is 2.10. The Labute approximate surface area is 170 Å². The van der Waals surface area contributed by atoms with Crippen LogP contribution >= 0.6 is 11.6 Å². The third-order valence-corrected chi connectivity index (χ3v) is 4.91. The third-order valence-electron chi connectivity index (χ3n) is 4.67. The fourth-order valence-corrected chi connectivity index (χ4v) is 3.13. The summed E-state index contributed by atoms with van der Waals surface area (Å²) in [4.78, 5) is 14.8. The predicted octanol–water partition coefficient (Wildman–Crippen LogP) is 4.30. The monoisotopic (exact) mass is 396 g/mol. The van der Waals surface area contributed by atoms with E-state index in [1.807, 2.05) is 12.1 Å². The average Bonchev–Trinajstić information content (AvgIpc) is 3.21. The molecule has 0 spiro atoms. The summed E-state index contributed by atoms with van der Waals surface area (Å²) in [5, 5.41) is 7.89. The lowest BCUT2D eigenvalue weighted by molar-refractivity contribution is 0.0945. The zero-order chi connectivity index (χ0) is 19.9. The summed E-state index contributed by atoms with van der Waals surface area (Å²) in [6, 6.07) is 17.4. The Morgan fingerprint density at radius 3 is 2.46 bits per heavy atom. The molecule has 3 rings (SSSR count). The van der Waals surface area contributed by atoms with E-state index in [-0.39, 0.29) is 5.91 Å². The Hall–Kier alpha value is -2.63. The number of nitrogens with zero attached hydrogens (tertiary/aromatic N) is 3. The number of amides is 1. The lowest BCUT2D eigenvalue weighted by Gasteiger charge is -2.18. The number of aromatic nitrogens is 2. The van der Waals surface area contributed by atoms with Crippen molar-refractivity contribution in [2.75, 3.05) is 13.1 Å². The molecule has 0 radical (unpaired) electrons. The van der Waals surface area contributed by atoms with E-state index in [9.17, 15) is 4.79 Å². The first-order valence-corrected chi connectivity index (χ1v) is 9.86. The molecule has 0 saturated heterocycles. The van der Waals surface area contributed by atoms with Gasteiger partial charge in [-0.15, -0.1) is 0 Å². The van der Waals surface area contributed by atoms with Crippen LogP contribution in [-0.2, 0) is 13.1 Å². The van der Waals surface area contributed by atoms with Gasteiger partial charge in [0.15, 0.2) is 5.69 Å². The van der Waals surface area contributed by atoms with E-state index in [2.05, 4.69) is 53.4 Å². The van der Waals surface area contributed by atoms with E-state index in [4.69, 9.17) is 11.6 Å². The molecule has 146 valence electrons. The number of halogens is 1. The number of hydrogen-bond donors (Lipinski definition) is 1. The molecule has 1 amide bonds. The van der Waals surface area contributed by atoms with Crippen LogP contribution < -0.4 is 5.32 Å². The van der Waals surface area contributed by atoms with Gasteiger partial charge in [0.05, 0.1) is 5.69 Å². The van der Waals surface area contributed by atoms with Crippen LogP contribution in [0.1, 0.15) is 35.5 Å². The van der Waals surface area contributed by atoms with Gasteiger partial charge in [-0.25, -0.2) is 4.68 Å². The molecule has 0 bridgehead atoms. The van der Waals surface area contributed by atoms with Crippen LogP contribution in [0.15, 0.2) is 60.8 Å². The van der Waals surface area contributed by atoms with E-state index in [1.54, 1.807) is 29.1 Å². The van der Waals surface area contributed by atoms with Gasteiger partial charge in [-0.1, -0.05) is 55.8 Å². The normalized spacial score (nSPS) is 11.0. The van der Waals surface area contributed by atoms with Crippen LogP contribution in [0.2, 0.25) is 5.02 Å². The van der Waals surface area contributed by atoms with Gasteiger partial charge in [0.1, 0.15) is 0 Å². The van der Waals surface area contributed by atoms with Crippen LogP contribution in [0.5, 0.6) is 0 Å². The Balaban J connectivity index is 1.57. The second-order valence-electron chi connectivity index (χ2n) is 6.59. The van der Waals surface area contributed by atoms with E-state index >= 15 is 0 Å². The molecule has 5 nitrogen and oxygen atoms in total. The lowest BCUT2D eigenvalue weighted by atomic mass is 10.1. The van der Waals surface area contributed by atoms with Crippen molar-refractivity contribution in [2.24, 2.45) is 0 Å². The minimum Gasteiger partial charge on any atom is -0.347 e. The average molecular weight is 397 g/mol. The van der Waals surface area contributed by atoms with Gasteiger partial charge in [-0.05, 0) is 48.5 Å². The van der Waals surface area contributed by atoms with Crippen molar-refractivity contribution in [3.8, 4) is 5.69 Å². The van der Waals surface area contributed by atoms with Crippen LogP contribution in [0.25, 0.3) is 5.69 Å². The minimum absolute atomic E-state index is 0.201. The molecule has 2 aromatic carbocycles. The van der Waals surface area contributed by atoms with E-state index < -0.39 is 0 Å². The second-order valence-corrected chi connectivity index (χ2v) is 7.02. The molecule has 0 aliphatic rings. The highest BCUT2D eigenvalue weighted by molar-refractivity contribution is 6.30. The maximum Gasteiger partial charge on any atom is 0.272 e. The highest BCUT2D eigenvalue weighted by Crippen LogP contribution is 2.14. The summed E-state index contributed by atoms with van der Waals surface area (Å²) >= 11 is 6.01. The topological polar surface area (TPSA) is 50.2 Å². The van der Waals surface area contributed by atoms with Gasteiger partial charge in [-0.3, -0.25) is 9.69 Å². The van der Waals surface area contributed by atoms with Crippen molar-refractivity contribution in [1.29, 1.82) is 0 Å². The van der Waals surface area contributed by atoms with Crippen molar-refractivity contribution in [2.45, 2.75) is 26.9 Å². The van der Waals surface area contributed by atoms with Crippen LogP contribution in [-0.4, -0.2) is 33.7 Å². The summed E-state index contributed by atoms with van der Waals surface area (Å²) in [5.41, 5.74) is 3.53. The molecule has 0 atom stereocenters. The standard InChI is InChI=1S/C22H25ClN4O/c1-3-26(4-2)16-18-10-8-17(9-11-18)15-24-22(28)21-12-13-27(25-21)20-7-5-6-19(23)14-20/h5-14H,3-4,15-16H2,1-2H3,(H,24,28). The van der Waals surface area contributed by atoms with Gasteiger partial charge in [0.25, 0.3) is 5.91 Å². The quantitative estimate of drug-likeness (QED) is 0.617. The van der Waals surface area contributed by atoms with Crippen molar-refractivity contribution in [1.82, 2.24) is 20.0 Å². The summed E-state index contributed by atoms with van der Waals surface area (Å²) in [5.74, 6) is -0.201. The highest BCUT2D eigenvalue weighted by atomic mass is 35.5. The predicted molar refractivity (Wildman–Crippen MR) is 113 cm³/mol. The zero-order valence-corrected chi connectivity index (χ0v) is 17.0. The fourth-order valence-electron chi connectivity index (χ4n) is 2.95. The first kappa shape index (κ1) is 20.1. The van der Waals surface area contributed by atoms with E-state index in [0.29, 0.717) is 17.3 Å². The number of carbonyl (C=O) groups is 1. The SMILES string of the molecule is CCN(CC)Cc1ccc(CNC(=O)c2ccn(-c3cccc(Cl)c3)n2)cc1. The van der Waals surface area contributed by atoms with Crippen molar-refractivity contribution >= 4 is 17.5 Å². The van der Waals surface area contributed by atoms with Gasteiger partial charge in [-0.2, -0.15) is 5.10 Å². The molecular weight excluding hydrogens is 372 g/mol. The molecule has 6 heteroatoms. The van der Waals surface area contributed by atoms with Gasteiger partial charge < -0.3 is 5.32 Å². The molecule has 1 N–H and O–H groups in total. The Morgan fingerprint density at radius 1 is 1.07 bits per heavy atom. The van der Waals surface area contributed by atoms with E-state index in [0.717, 1.165) is 30.9 Å². The molecule has 3 aromatic rings. The largest absolute Gasteiger partial charge is 0.347 e. The Morgan fingerprint density at radius 2 is 1.79 bits per heavy atom. The maximum absolute atomic E-state index is 12.4. The van der Waals surface area contributed by atoms with Gasteiger partial charge in [0.2, 0.25) is 0 Å². The first-order valence-electron chi connectivity index (χ1n) is 9.49. The molecular formula is C22H25ClN4O. The van der Waals surface area contributed by atoms with Crippen molar-refractivity contribution < 1.29 is 4.79 Å². The van der Waals surface area contributed by atoms with Crippen LogP contribution in [0.3, 0.4) is 0 Å². The van der Waals surface area contributed by atoms with Gasteiger partial charge in [0, 0.05) is 24.3 Å². The second kappa shape index (κ2) is 9.53. The van der Waals surface area contributed by atoms with Crippen LogP contribution in [0, 0.1) is 0 Å². The maximum atomic E-state index is 12.4. The minimum atomic E-state index is -0.201. The Kier molecular flexibility index (Phi) is 6.85. The molecule has 0 aliphatic carbocycles. The number of rotatable bonds is 8. The van der Waals surface area contributed by atoms with E-state index in [1.165, 1.54) is 5.56 Å². The molecule has 1 aromatic heterocycles. The summed E-state index contributed by atoms with van der Waals surface area (Å²) in [6.45, 7) is 7.82. The first-order chi connectivity index (χ1) is 13.6. The molecule has 28 heavy (non-hydrogen) atoms. The number of benzene rings is 2. The molecule has 0 fully saturated rings. The third kappa shape index (κ3) is 5.21. The lowest BCUT2D eigenvalue weighted by Crippen LogP contribution is -2.23. The van der Waals surface area contributed by atoms with Crippen molar-refractivity contribution in [3.05, 3.63) is 82.6 Å². The smallest absolute Gasteiger partial charge is 0.272 e.